The number of thiocarbonyl (C=S) groups is 1. The first-order valence-corrected chi connectivity index (χ1v) is 14.3. The summed E-state index contributed by atoms with van der Waals surface area (Å²) >= 11 is 5.57. The van der Waals surface area contributed by atoms with Crippen molar-refractivity contribution < 1.29 is 23.7 Å². The molecule has 5 aliphatic rings. The second-order valence-electron chi connectivity index (χ2n) is 12.5. The first-order chi connectivity index (χ1) is 17.3. The average molecular weight is 517 g/mol. The largest absolute Gasteiger partial charge is 0.470 e. The third-order valence-electron chi connectivity index (χ3n) is 11.1. The third-order valence-corrected chi connectivity index (χ3v) is 11.4. The van der Waals surface area contributed by atoms with Crippen molar-refractivity contribution in [2.24, 2.45) is 40.4 Å². The van der Waals surface area contributed by atoms with Crippen LogP contribution in [0.15, 0.2) is 18.7 Å². The van der Waals surface area contributed by atoms with E-state index in [-0.39, 0.29) is 28.7 Å². The lowest BCUT2D eigenvalue weighted by molar-refractivity contribution is -0.251. The topological polar surface area (TPSA) is 71.8 Å². The summed E-state index contributed by atoms with van der Waals surface area (Å²) in [6.07, 6.45) is 13.9. The normalized spacial score (nSPS) is 42.9. The number of hydrogen-bond acceptors (Lipinski definition) is 7. The minimum atomic E-state index is -0.387. The quantitative estimate of drug-likeness (QED) is 0.415. The molecule has 198 valence electrons. The number of imidazole rings is 1. The number of nitrogens with zero attached hydrogens (tertiary/aromatic N) is 2. The van der Waals surface area contributed by atoms with Gasteiger partial charge in [0.25, 0.3) is 5.17 Å². The second-order valence-corrected chi connectivity index (χ2v) is 12.8. The number of hydrogen-bond donors (Lipinski definition) is 0. The molecule has 0 aromatic carbocycles. The van der Waals surface area contributed by atoms with Crippen LogP contribution in [0.5, 0.6) is 0 Å². The van der Waals surface area contributed by atoms with Gasteiger partial charge in [0.15, 0.2) is 5.79 Å². The summed E-state index contributed by atoms with van der Waals surface area (Å²) in [5.41, 5.74) is 0.277. The molecule has 6 rings (SSSR count). The highest BCUT2D eigenvalue weighted by molar-refractivity contribution is 7.80. The predicted molar refractivity (Wildman–Crippen MR) is 137 cm³/mol. The first-order valence-electron chi connectivity index (χ1n) is 13.9. The van der Waals surface area contributed by atoms with Gasteiger partial charge in [0, 0.05) is 31.2 Å². The molecule has 1 aromatic rings. The van der Waals surface area contributed by atoms with E-state index < -0.39 is 0 Å². The fraction of sp³-hybridized carbons (Fsp3) is 0.821. The van der Waals surface area contributed by atoms with Gasteiger partial charge in [-0.2, -0.15) is 0 Å². The van der Waals surface area contributed by atoms with Gasteiger partial charge >= 0.3 is 5.97 Å². The SMILES string of the molecule is CC(=O)O[C@H]1CC[C@@]2(C)[C@H](C1)[C@H](COC(=S)n1ccnc1)C[C@@H]1[C@@H]2CC[C@@]2(C)[C@H]1CCC21OCCO1. The van der Waals surface area contributed by atoms with Gasteiger partial charge in [-0.05, 0) is 92.2 Å². The fourth-order valence-corrected chi connectivity index (χ4v) is 9.68. The first kappa shape index (κ1) is 24.8. The van der Waals surface area contributed by atoms with E-state index in [2.05, 4.69) is 18.8 Å². The van der Waals surface area contributed by atoms with E-state index in [0.717, 1.165) is 45.3 Å². The second kappa shape index (κ2) is 9.05. The van der Waals surface area contributed by atoms with Gasteiger partial charge in [0.2, 0.25) is 0 Å². The molecule has 0 unspecified atom stereocenters. The van der Waals surface area contributed by atoms with E-state index in [1.165, 1.54) is 26.2 Å². The molecule has 7 nitrogen and oxygen atoms in total. The molecule has 8 atom stereocenters. The number of fused-ring (bicyclic) bond motifs is 6. The minimum Gasteiger partial charge on any atom is -0.470 e. The molecule has 1 aromatic heterocycles. The summed E-state index contributed by atoms with van der Waals surface area (Å²) < 4.78 is 26.5. The van der Waals surface area contributed by atoms with E-state index in [1.54, 1.807) is 17.1 Å². The van der Waals surface area contributed by atoms with Gasteiger partial charge in [-0.1, -0.05) is 13.8 Å². The van der Waals surface area contributed by atoms with Gasteiger partial charge in [-0.15, -0.1) is 0 Å². The molecule has 4 saturated carbocycles. The Morgan fingerprint density at radius 3 is 2.58 bits per heavy atom. The van der Waals surface area contributed by atoms with Gasteiger partial charge in [0.05, 0.1) is 19.8 Å². The maximum Gasteiger partial charge on any atom is 0.302 e. The maximum atomic E-state index is 11.8. The zero-order valence-corrected chi connectivity index (χ0v) is 22.6. The number of rotatable bonds is 3. The van der Waals surface area contributed by atoms with Crippen molar-refractivity contribution in [3.63, 3.8) is 0 Å². The Kier molecular flexibility index (Phi) is 6.24. The molecule has 0 radical (unpaired) electrons. The van der Waals surface area contributed by atoms with Crippen molar-refractivity contribution in [1.29, 1.82) is 0 Å². The number of aromatic nitrogens is 2. The molecular formula is C28H40N2O5S. The van der Waals surface area contributed by atoms with Crippen molar-refractivity contribution in [2.45, 2.75) is 84.0 Å². The summed E-state index contributed by atoms with van der Waals surface area (Å²) in [6.45, 7) is 8.52. The van der Waals surface area contributed by atoms with Crippen LogP contribution < -0.4 is 0 Å². The summed E-state index contributed by atoms with van der Waals surface area (Å²) in [6, 6.07) is 0. The monoisotopic (exact) mass is 516 g/mol. The highest BCUT2D eigenvalue weighted by atomic mass is 32.1. The van der Waals surface area contributed by atoms with Crippen LogP contribution in [-0.4, -0.2) is 52.4 Å². The van der Waals surface area contributed by atoms with Crippen LogP contribution in [0.1, 0.15) is 72.1 Å². The summed E-state index contributed by atoms with van der Waals surface area (Å²) in [7, 11) is 0. The van der Waals surface area contributed by atoms with Gasteiger partial charge in [-0.25, -0.2) is 4.98 Å². The van der Waals surface area contributed by atoms with Gasteiger partial charge < -0.3 is 18.9 Å². The smallest absolute Gasteiger partial charge is 0.302 e. The molecule has 8 heteroatoms. The predicted octanol–water partition coefficient (Wildman–Crippen LogP) is 4.98. The molecule has 1 aliphatic heterocycles. The van der Waals surface area contributed by atoms with Gasteiger partial charge in [-0.3, -0.25) is 9.36 Å². The summed E-state index contributed by atoms with van der Waals surface area (Å²) in [4.78, 5) is 15.9. The Balaban J connectivity index is 1.28. The average Bonchev–Trinajstić information content (AvgIpc) is 3.60. The van der Waals surface area contributed by atoms with Crippen LogP contribution in [0.4, 0.5) is 0 Å². The van der Waals surface area contributed by atoms with Crippen LogP contribution in [-0.2, 0) is 23.7 Å². The molecule has 4 aliphatic carbocycles. The molecule has 0 amide bonds. The lowest BCUT2D eigenvalue weighted by Gasteiger charge is -2.63. The van der Waals surface area contributed by atoms with Crippen LogP contribution in [0.3, 0.4) is 0 Å². The zero-order valence-electron chi connectivity index (χ0n) is 21.8. The van der Waals surface area contributed by atoms with Crippen molar-refractivity contribution in [1.82, 2.24) is 9.55 Å². The number of carbonyl (C=O) groups is 1. The Labute approximate surface area is 219 Å². The third kappa shape index (κ3) is 3.77. The molecule has 1 spiro atoms. The van der Waals surface area contributed by atoms with Crippen molar-refractivity contribution in [3.05, 3.63) is 18.7 Å². The van der Waals surface area contributed by atoms with Crippen molar-refractivity contribution in [3.8, 4) is 0 Å². The number of carbonyl (C=O) groups excluding carboxylic acids is 1. The van der Waals surface area contributed by atoms with E-state index in [1.807, 2.05) is 6.20 Å². The molecule has 5 fully saturated rings. The van der Waals surface area contributed by atoms with E-state index in [0.29, 0.717) is 41.4 Å². The lowest BCUT2D eigenvalue weighted by Crippen LogP contribution is -2.59. The van der Waals surface area contributed by atoms with Crippen LogP contribution in [0, 0.1) is 40.4 Å². The Morgan fingerprint density at radius 1 is 1.08 bits per heavy atom. The van der Waals surface area contributed by atoms with Crippen LogP contribution >= 0.6 is 12.2 Å². The summed E-state index contributed by atoms with van der Waals surface area (Å²) in [5.74, 6) is 2.14. The highest BCUT2D eigenvalue weighted by Gasteiger charge is 2.68. The highest BCUT2D eigenvalue weighted by Crippen LogP contribution is 2.70. The molecular weight excluding hydrogens is 476 g/mol. The summed E-state index contributed by atoms with van der Waals surface area (Å²) in [5, 5.41) is 0.449. The van der Waals surface area contributed by atoms with Crippen LogP contribution in [0.2, 0.25) is 0 Å². The van der Waals surface area contributed by atoms with Crippen molar-refractivity contribution in [2.75, 3.05) is 19.8 Å². The molecule has 2 heterocycles. The Bertz CT molecular complexity index is 994. The fourth-order valence-electron chi connectivity index (χ4n) is 9.50. The zero-order chi connectivity index (χ0) is 25.1. The van der Waals surface area contributed by atoms with E-state index in [9.17, 15) is 4.79 Å². The Morgan fingerprint density at radius 2 is 1.86 bits per heavy atom. The molecule has 36 heavy (non-hydrogen) atoms. The van der Waals surface area contributed by atoms with Crippen molar-refractivity contribution >= 4 is 23.4 Å². The molecule has 0 bridgehead atoms. The lowest BCUT2D eigenvalue weighted by atomic mass is 9.43. The maximum absolute atomic E-state index is 11.8. The van der Waals surface area contributed by atoms with Crippen LogP contribution in [0.25, 0.3) is 0 Å². The standard InChI is InChI=1S/C28H40N2O5S/c1-18(31)35-20-4-7-26(2)22-5-8-27(3)23(6-9-28(27)33-12-13-34-28)21(22)14-19(24(26)15-20)16-32-25(36)30-11-10-29-17-30/h10-11,17,19-24H,4-9,12-16H2,1-3H3/t19-,20-,21+,22-,23-,24+,26+,27-/m0/s1. The minimum absolute atomic E-state index is 0.00382. The molecule has 0 N–H and O–H groups in total. The number of ether oxygens (including phenoxy) is 4. The number of esters is 1. The Hall–Kier alpha value is -1.51. The molecule has 1 saturated heterocycles. The van der Waals surface area contributed by atoms with E-state index >= 15 is 0 Å². The van der Waals surface area contributed by atoms with Gasteiger partial charge in [0.1, 0.15) is 12.4 Å². The van der Waals surface area contributed by atoms with E-state index in [4.69, 9.17) is 31.2 Å².